The molecule has 0 fully saturated rings. The van der Waals surface area contributed by atoms with Gasteiger partial charge in [0.05, 0.1) is 5.39 Å². The zero-order valence-electron chi connectivity index (χ0n) is 9.53. The number of ether oxygens (including phenoxy) is 1. The van der Waals surface area contributed by atoms with E-state index in [0.29, 0.717) is 22.3 Å². The second-order valence-electron chi connectivity index (χ2n) is 3.73. The SMILES string of the molecule is Cc1c(OCC(N)=O)ccc2c(=O)c(Cl)coc12. The van der Waals surface area contributed by atoms with Crippen LogP contribution in [-0.2, 0) is 4.79 Å². The summed E-state index contributed by atoms with van der Waals surface area (Å²) in [5.41, 5.74) is 5.68. The second kappa shape index (κ2) is 4.70. The molecule has 0 saturated heterocycles. The number of nitrogens with two attached hydrogens (primary N) is 1. The van der Waals surface area contributed by atoms with Gasteiger partial charge >= 0.3 is 0 Å². The normalized spacial score (nSPS) is 10.6. The Morgan fingerprint density at radius 2 is 2.22 bits per heavy atom. The Kier molecular flexibility index (Phi) is 3.25. The lowest BCUT2D eigenvalue weighted by atomic mass is 10.1. The van der Waals surface area contributed by atoms with E-state index in [0.717, 1.165) is 0 Å². The predicted molar refractivity (Wildman–Crippen MR) is 66.9 cm³/mol. The van der Waals surface area contributed by atoms with Crippen LogP contribution in [0.5, 0.6) is 5.75 Å². The molecule has 18 heavy (non-hydrogen) atoms. The van der Waals surface area contributed by atoms with Crippen LogP contribution in [0.25, 0.3) is 11.0 Å². The molecule has 94 valence electrons. The van der Waals surface area contributed by atoms with E-state index in [1.165, 1.54) is 12.3 Å². The van der Waals surface area contributed by atoms with Crippen molar-refractivity contribution < 1.29 is 13.9 Å². The summed E-state index contributed by atoms with van der Waals surface area (Å²) in [6, 6.07) is 3.12. The third kappa shape index (κ3) is 2.17. The standard InChI is InChI=1S/C12H10ClNO4/c1-6-9(17-5-10(14)15)3-2-7-11(16)8(13)4-18-12(6)7/h2-4H,5H2,1H3,(H2,14,15). The molecule has 1 heterocycles. The maximum atomic E-state index is 11.8. The average molecular weight is 268 g/mol. The highest BCUT2D eigenvalue weighted by molar-refractivity contribution is 6.30. The van der Waals surface area contributed by atoms with E-state index in [-0.39, 0.29) is 17.1 Å². The van der Waals surface area contributed by atoms with Crippen LogP contribution in [0.1, 0.15) is 5.56 Å². The van der Waals surface area contributed by atoms with E-state index in [4.69, 9.17) is 26.5 Å². The van der Waals surface area contributed by atoms with E-state index < -0.39 is 5.91 Å². The summed E-state index contributed by atoms with van der Waals surface area (Å²) in [5, 5.41) is 0.388. The summed E-state index contributed by atoms with van der Waals surface area (Å²) in [5.74, 6) is -0.140. The molecule has 1 amide bonds. The van der Waals surface area contributed by atoms with Gasteiger partial charge in [-0.25, -0.2) is 0 Å². The monoisotopic (exact) mass is 267 g/mol. The van der Waals surface area contributed by atoms with E-state index >= 15 is 0 Å². The number of benzene rings is 1. The molecule has 5 nitrogen and oxygen atoms in total. The lowest BCUT2D eigenvalue weighted by molar-refractivity contribution is -0.119. The number of fused-ring (bicyclic) bond motifs is 1. The summed E-state index contributed by atoms with van der Waals surface area (Å²) in [6.07, 6.45) is 1.18. The van der Waals surface area contributed by atoms with Crippen molar-refractivity contribution in [1.29, 1.82) is 0 Å². The largest absolute Gasteiger partial charge is 0.483 e. The average Bonchev–Trinajstić information content (AvgIpc) is 2.33. The molecule has 0 aliphatic heterocycles. The smallest absolute Gasteiger partial charge is 0.255 e. The zero-order valence-corrected chi connectivity index (χ0v) is 10.3. The van der Waals surface area contributed by atoms with Gasteiger partial charge in [0.2, 0.25) is 5.43 Å². The van der Waals surface area contributed by atoms with Crippen molar-refractivity contribution >= 4 is 28.5 Å². The third-order valence-electron chi connectivity index (χ3n) is 2.47. The van der Waals surface area contributed by atoms with Crippen LogP contribution in [0.2, 0.25) is 5.02 Å². The lowest BCUT2D eigenvalue weighted by Gasteiger charge is -2.08. The quantitative estimate of drug-likeness (QED) is 0.916. The van der Waals surface area contributed by atoms with Crippen LogP contribution in [0.15, 0.2) is 27.6 Å². The maximum absolute atomic E-state index is 11.8. The van der Waals surface area contributed by atoms with Crippen LogP contribution in [0.3, 0.4) is 0 Å². The molecule has 0 bridgehead atoms. The number of rotatable bonds is 3. The lowest BCUT2D eigenvalue weighted by Crippen LogP contribution is -2.20. The first-order valence-corrected chi connectivity index (χ1v) is 5.50. The number of carbonyl (C=O) groups is 1. The number of hydrogen-bond acceptors (Lipinski definition) is 4. The summed E-state index contributed by atoms with van der Waals surface area (Å²) in [4.78, 5) is 22.4. The van der Waals surface area contributed by atoms with Gasteiger partial charge in [0.25, 0.3) is 5.91 Å². The fourth-order valence-corrected chi connectivity index (χ4v) is 1.75. The van der Waals surface area contributed by atoms with Crippen molar-refractivity contribution in [2.75, 3.05) is 6.61 Å². The van der Waals surface area contributed by atoms with Crippen molar-refractivity contribution in [3.63, 3.8) is 0 Å². The van der Waals surface area contributed by atoms with Gasteiger partial charge in [0.1, 0.15) is 22.6 Å². The number of carbonyl (C=O) groups excluding carboxylic acids is 1. The number of primary amides is 1. The van der Waals surface area contributed by atoms with Gasteiger partial charge in [0.15, 0.2) is 6.61 Å². The highest BCUT2D eigenvalue weighted by atomic mass is 35.5. The molecule has 0 aliphatic carbocycles. The molecule has 1 aromatic heterocycles. The van der Waals surface area contributed by atoms with Crippen LogP contribution in [0.4, 0.5) is 0 Å². The summed E-state index contributed by atoms with van der Waals surface area (Å²) >= 11 is 5.68. The zero-order chi connectivity index (χ0) is 13.3. The maximum Gasteiger partial charge on any atom is 0.255 e. The Morgan fingerprint density at radius 3 is 2.89 bits per heavy atom. The van der Waals surface area contributed by atoms with Crippen molar-refractivity contribution in [3.8, 4) is 5.75 Å². The number of amides is 1. The first kappa shape index (κ1) is 12.4. The van der Waals surface area contributed by atoms with Crippen LogP contribution >= 0.6 is 11.6 Å². The molecule has 2 rings (SSSR count). The van der Waals surface area contributed by atoms with E-state index in [1.54, 1.807) is 13.0 Å². The molecule has 0 atom stereocenters. The second-order valence-corrected chi connectivity index (χ2v) is 4.14. The van der Waals surface area contributed by atoms with Crippen molar-refractivity contribution in [2.24, 2.45) is 5.73 Å². The highest BCUT2D eigenvalue weighted by Crippen LogP contribution is 2.26. The molecule has 0 saturated carbocycles. The van der Waals surface area contributed by atoms with Crippen molar-refractivity contribution in [3.05, 3.63) is 39.2 Å². The number of hydrogen-bond donors (Lipinski definition) is 1. The Morgan fingerprint density at radius 1 is 1.50 bits per heavy atom. The number of halogens is 1. The van der Waals surface area contributed by atoms with Gasteiger partial charge < -0.3 is 14.9 Å². The molecule has 0 unspecified atom stereocenters. The molecule has 0 radical (unpaired) electrons. The molecular weight excluding hydrogens is 258 g/mol. The molecular formula is C12H10ClNO4. The van der Waals surface area contributed by atoms with E-state index in [9.17, 15) is 9.59 Å². The van der Waals surface area contributed by atoms with Crippen molar-refractivity contribution in [1.82, 2.24) is 0 Å². The Labute approximate surface area is 107 Å². The molecule has 2 N–H and O–H groups in total. The summed E-state index contributed by atoms with van der Waals surface area (Å²) in [6.45, 7) is 1.49. The summed E-state index contributed by atoms with van der Waals surface area (Å²) < 4.78 is 10.5. The molecule has 0 aliphatic rings. The highest BCUT2D eigenvalue weighted by Gasteiger charge is 2.11. The van der Waals surface area contributed by atoms with Gasteiger partial charge in [-0.2, -0.15) is 0 Å². The van der Waals surface area contributed by atoms with Gasteiger partial charge in [-0.05, 0) is 19.1 Å². The minimum Gasteiger partial charge on any atom is -0.483 e. The minimum absolute atomic E-state index is 0.0210. The fourth-order valence-electron chi connectivity index (χ4n) is 1.60. The fraction of sp³-hybridized carbons (Fsp3) is 0.167. The van der Waals surface area contributed by atoms with Gasteiger partial charge in [-0.3, -0.25) is 9.59 Å². The molecule has 1 aromatic carbocycles. The third-order valence-corrected chi connectivity index (χ3v) is 2.73. The Hall–Kier alpha value is -2.01. The minimum atomic E-state index is -0.577. The predicted octanol–water partition coefficient (Wildman–Crippen LogP) is 1.62. The van der Waals surface area contributed by atoms with E-state index in [2.05, 4.69) is 0 Å². The van der Waals surface area contributed by atoms with Crippen molar-refractivity contribution in [2.45, 2.75) is 6.92 Å². The Bertz CT molecular complexity index is 678. The molecule has 2 aromatic rings. The van der Waals surface area contributed by atoms with Crippen LogP contribution < -0.4 is 15.9 Å². The summed E-state index contributed by atoms with van der Waals surface area (Å²) in [7, 11) is 0. The van der Waals surface area contributed by atoms with E-state index in [1.807, 2.05) is 0 Å². The molecule has 0 spiro atoms. The first-order valence-electron chi connectivity index (χ1n) is 5.12. The molecule has 6 heteroatoms. The van der Waals surface area contributed by atoms with Gasteiger partial charge in [-0.15, -0.1) is 0 Å². The van der Waals surface area contributed by atoms with Crippen LogP contribution in [-0.4, -0.2) is 12.5 Å². The van der Waals surface area contributed by atoms with Gasteiger partial charge in [-0.1, -0.05) is 11.6 Å². The van der Waals surface area contributed by atoms with Gasteiger partial charge in [0, 0.05) is 5.56 Å². The van der Waals surface area contributed by atoms with Crippen LogP contribution in [0, 0.1) is 6.92 Å². The topological polar surface area (TPSA) is 82.5 Å². The first-order chi connectivity index (χ1) is 8.50. The number of aryl methyl sites for hydroxylation is 1. The Balaban J connectivity index is 2.55.